The van der Waals surface area contributed by atoms with Gasteiger partial charge in [0.05, 0.1) is 35.6 Å². The van der Waals surface area contributed by atoms with Gasteiger partial charge in [0.15, 0.2) is 23.6 Å². The minimum atomic E-state index is -2.39. The lowest BCUT2D eigenvalue weighted by molar-refractivity contribution is -0.346. The van der Waals surface area contributed by atoms with Gasteiger partial charge in [-0.25, -0.2) is 9.59 Å². The molecular weight excluding hydrogens is 803 g/mol. The van der Waals surface area contributed by atoms with Crippen LogP contribution in [0.4, 0.5) is 0 Å². The number of fused-ring (bicyclic) bond motifs is 5. The monoisotopic (exact) mass is 853 g/mol. The molecule has 0 spiro atoms. The standard InChI is InChI=1S/C47H51NO14/c1-25-31(60-43(56)36(52)35(28-16-10-7-11-17-28)48-41(54)29-18-12-8-13-19-29)23-47(57)40(61-42(55)30-20-14-9-15-21-30)38-45(6,32(51)22-33-46(38,24-58-33)62-27(3)50)39(53)37(59-26(2)49)34(25)44(47,4)5/h7-21,31-33,35-38,40,51-52,57H,22-24H2,1-6H3,(H,48,54)/t31-,32?,33+,35-,36+,37+,38-,40-,45+,46-,47+/m0/s1. The number of Topliss-reactive ketones (excluding diaryl/α,β-unsaturated/α-hetero) is 1. The van der Waals surface area contributed by atoms with Crippen molar-refractivity contribution in [3.63, 3.8) is 0 Å². The van der Waals surface area contributed by atoms with Gasteiger partial charge in [-0.1, -0.05) is 80.6 Å². The molecule has 62 heavy (non-hydrogen) atoms. The van der Waals surface area contributed by atoms with Crippen LogP contribution in [0.1, 0.15) is 86.7 Å². The molecule has 2 bridgehead atoms. The Morgan fingerprint density at radius 3 is 1.95 bits per heavy atom. The van der Waals surface area contributed by atoms with Crippen LogP contribution in [0.15, 0.2) is 102 Å². The SMILES string of the molecule is CC(=O)O[C@H]1C(=O)[C@]2(C)C(O)C[C@H]3OC[C@@]3(OC(C)=O)[C@H]2[C@H](OC(=O)c2ccccc2)[C@]2(O)C[C@H](OC(=O)[C@H](O)[C@@H](NC(=O)c3ccccc3)c3ccccc3)C(C)=C1C2(C)C. The second kappa shape index (κ2) is 16.5. The van der Waals surface area contributed by atoms with Crippen molar-refractivity contribution in [3.05, 3.63) is 119 Å². The predicted molar refractivity (Wildman–Crippen MR) is 218 cm³/mol. The molecule has 2 saturated carbocycles. The zero-order valence-corrected chi connectivity index (χ0v) is 35.2. The lowest BCUT2D eigenvalue weighted by Gasteiger charge is -2.67. The number of nitrogens with one attached hydrogen (secondary N) is 1. The van der Waals surface area contributed by atoms with Gasteiger partial charge in [0, 0.05) is 37.7 Å². The number of ether oxygens (including phenoxy) is 5. The van der Waals surface area contributed by atoms with Gasteiger partial charge < -0.3 is 44.3 Å². The molecule has 328 valence electrons. The number of esters is 4. The third-order valence-electron chi connectivity index (χ3n) is 13.5. The Balaban J connectivity index is 1.39. The minimum absolute atomic E-state index is 0.00289. The van der Waals surface area contributed by atoms with E-state index in [0.29, 0.717) is 5.56 Å². The van der Waals surface area contributed by atoms with Crippen LogP contribution >= 0.6 is 0 Å². The molecule has 0 aromatic heterocycles. The summed E-state index contributed by atoms with van der Waals surface area (Å²) in [4.78, 5) is 83.5. The van der Waals surface area contributed by atoms with Crippen LogP contribution in [-0.4, -0.2) is 105 Å². The number of carbonyl (C=O) groups excluding carboxylic acids is 6. The molecule has 1 saturated heterocycles. The Morgan fingerprint density at radius 1 is 0.823 bits per heavy atom. The summed E-state index contributed by atoms with van der Waals surface area (Å²) < 4.78 is 30.3. The summed E-state index contributed by atoms with van der Waals surface area (Å²) in [5.74, 6) is -6.84. The van der Waals surface area contributed by atoms with Crippen molar-refractivity contribution >= 4 is 35.6 Å². The number of aliphatic hydroxyl groups is 3. The van der Waals surface area contributed by atoms with Crippen molar-refractivity contribution in [1.82, 2.24) is 5.32 Å². The second-order valence-electron chi connectivity index (χ2n) is 17.4. The highest BCUT2D eigenvalue weighted by Gasteiger charge is 2.78. The molecule has 7 rings (SSSR count). The summed E-state index contributed by atoms with van der Waals surface area (Å²) in [6.07, 6.45) is -10.5. The van der Waals surface area contributed by atoms with E-state index >= 15 is 4.79 Å². The van der Waals surface area contributed by atoms with Crippen molar-refractivity contribution < 1.29 is 67.8 Å². The first kappa shape index (κ1) is 44.3. The third-order valence-corrected chi connectivity index (χ3v) is 13.5. The van der Waals surface area contributed by atoms with Crippen molar-refractivity contribution in [2.75, 3.05) is 6.61 Å². The molecular formula is C47H51NO14. The highest BCUT2D eigenvalue weighted by Crippen LogP contribution is 2.64. The van der Waals surface area contributed by atoms with Gasteiger partial charge in [-0.2, -0.15) is 0 Å². The number of hydrogen-bond acceptors (Lipinski definition) is 14. The van der Waals surface area contributed by atoms with E-state index in [1.165, 1.54) is 26.0 Å². The summed E-state index contributed by atoms with van der Waals surface area (Å²) >= 11 is 0. The van der Waals surface area contributed by atoms with Crippen LogP contribution in [0.2, 0.25) is 0 Å². The summed E-state index contributed by atoms with van der Waals surface area (Å²) in [7, 11) is 0. The van der Waals surface area contributed by atoms with Gasteiger partial charge in [-0.15, -0.1) is 0 Å². The minimum Gasteiger partial charge on any atom is -0.456 e. The first-order chi connectivity index (χ1) is 29.3. The van der Waals surface area contributed by atoms with E-state index in [1.54, 1.807) is 92.7 Å². The molecule has 4 N–H and O–H groups in total. The summed E-state index contributed by atoms with van der Waals surface area (Å²) in [6, 6.07) is 22.9. The number of rotatable bonds is 10. The topological polar surface area (TPSA) is 221 Å². The zero-order chi connectivity index (χ0) is 44.9. The first-order valence-corrected chi connectivity index (χ1v) is 20.5. The average Bonchev–Trinajstić information content (AvgIpc) is 3.24. The van der Waals surface area contributed by atoms with E-state index in [0.717, 1.165) is 13.8 Å². The smallest absolute Gasteiger partial charge is 0.338 e. The molecule has 3 aliphatic carbocycles. The molecule has 1 amide bonds. The molecule has 4 aliphatic rings. The van der Waals surface area contributed by atoms with Crippen molar-refractivity contribution in [2.24, 2.45) is 16.7 Å². The third kappa shape index (κ3) is 7.29. The van der Waals surface area contributed by atoms with Gasteiger partial charge in [0.25, 0.3) is 5.91 Å². The Kier molecular flexibility index (Phi) is 11.8. The number of ketones is 1. The molecule has 15 heteroatoms. The van der Waals surface area contributed by atoms with Crippen LogP contribution in [0.3, 0.4) is 0 Å². The largest absolute Gasteiger partial charge is 0.456 e. The number of amides is 1. The second-order valence-corrected chi connectivity index (χ2v) is 17.4. The van der Waals surface area contributed by atoms with E-state index < -0.39 is 113 Å². The van der Waals surface area contributed by atoms with Crippen molar-refractivity contribution in [2.45, 2.75) is 108 Å². The van der Waals surface area contributed by atoms with E-state index in [2.05, 4.69) is 5.32 Å². The quantitative estimate of drug-likeness (QED) is 0.130. The Hall–Kier alpha value is -5.74. The zero-order valence-electron chi connectivity index (χ0n) is 35.2. The lowest BCUT2D eigenvalue weighted by Crippen LogP contribution is -2.82. The maximum absolute atomic E-state index is 15.5. The van der Waals surface area contributed by atoms with Crippen molar-refractivity contribution in [3.8, 4) is 0 Å². The molecule has 1 heterocycles. The highest BCUT2D eigenvalue weighted by molar-refractivity contribution is 5.96. The highest BCUT2D eigenvalue weighted by atomic mass is 16.6. The normalized spacial score (nSPS) is 31.9. The average molecular weight is 854 g/mol. The molecule has 1 unspecified atom stereocenters. The Bertz CT molecular complexity index is 2280. The van der Waals surface area contributed by atoms with Crippen LogP contribution in [0, 0.1) is 16.7 Å². The maximum atomic E-state index is 15.5. The molecule has 0 radical (unpaired) electrons. The van der Waals surface area contributed by atoms with Crippen LogP contribution in [0.5, 0.6) is 0 Å². The fourth-order valence-corrected chi connectivity index (χ4v) is 10.2. The van der Waals surface area contributed by atoms with E-state index in [1.807, 2.05) is 0 Å². The molecule has 3 aromatic rings. The van der Waals surface area contributed by atoms with Gasteiger partial charge in [-0.3, -0.25) is 19.2 Å². The fraction of sp³-hybridized carbons (Fsp3) is 0.447. The summed E-state index contributed by atoms with van der Waals surface area (Å²) in [5, 5.41) is 40.2. The Labute approximate surface area is 358 Å². The molecule has 1 aliphatic heterocycles. The maximum Gasteiger partial charge on any atom is 0.338 e. The molecule has 3 aromatic carbocycles. The van der Waals surface area contributed by atoms with Crippen LogP contribution in [0.25, 0.3) is 0 Å². The van der Waals surface area contributed by atoms with Gasteiger partial charge in [0.2, 0.25) is 0 Å². The van der Waals surface area contributed by atoms with E-state index in [4.69, 9.17) is 23.7 Å². The number of benzene rings is 3. The number of aliphatic hydroxyl groups excluding tert-OH is 2. The molecule has 15 nitrogen and oxygen atoms in total. The number of carbonyl (C=O) groups is 6. The summed E-state index contributed by atoms with van der Waals surface area (Å²) in [6.45, 7) is 7.97. The van der Waals surface area contributed by atoms with Gasteiger partial charge >= 0.3 is 23.9 Å². The lowest BCUT2D eigenvalue weighted by atomic mass is 9.44. The number of hydrogen-bond donors (Lipinski definition) is 4. The van der Waals surface area contributed by atoms with Crippen molar-refractivity contribution in [1.29, 1.82) is 0 Å². The molecule has 11 atom stereocenters. The van der Waals surface area contributed by atoms with E-state index in [-0.39, 0.29) is 35.3 Å². The predicted octanol–water partition coefficient (Wildman–Crippen LogP) is 3.74. The first-order valence-electron chi connectivity index (χ1n) is 20.5. The summed E-state index contributed by atoms with van der Waals surface area (Å²) in [5.41, 5.74) is -7.02. The fourth-order valence-electron chi connectivity index (χ4n) is 10.2. The Morgan fingerprint density at radius 2 is 1.40 bits per heavy atom. The van der Waals surface area contributed by atoms with Gasteiger partial charge in [0.1, 0.15) is 23.9 Å². The van der Waals surface area contributed by atoms with Crippen LogP contribution < -0.4 is 5.32 Å². The molecule has 3 fully saturated rings. The van der Waals surface area contributed by atoms with Gasteiger partial charge in [-0.05, 0) is 54.8 Å². The van der Waals surface area contributed by atoms with Crippen LogP contribution in [-0.2, 0) is 42.9 Å². The van der Waals surface area contributed by atoms with E-state index in [9.17, 15) is 39.3 Å².